The first kappa shape index (κ1) is 55.2. The third kappa shape index (κ3) is 16.4. The van der Waals surface area contributed by atoms with Crippen molar-refractivity contribution in [1.82, 2.24) is 21.3 Å². The molecule has 0 aromatic carbocycles. The van der Waals surface area contributed by atoms with Crippen molar-refractivity contribution in [3.05, 3.63) is 0 Å². The summed E-state index contributed by atoms with van der Waals surface area (Å²) in [4.78, 5) is 65.7. The Morgan fingerprint density at radius 2 is 1.18 bits per heavy atom. The Labute approximate surface area is 401 Å². The number of ether oxygens (including phenoxy) is 11. The van der Waals surface area contributed by atoms with Gasteiger partial charge in [0.1, 0.15) is 52.9 Å². The fourth-order valence-electron chi connectivity index (χ4n) is 9.08. The molecular formula is C47H80N4O17. The summed E-state index contributed by atoms with van der Waals surface area (Å²) in [6, 6.07) is -2.82. The predicted octanol–water partition coefficient (Wildman–Crippen LogP) is 5.60. The van der Waals surface area contributed by atoms with E-state index in [-0.39, 0.29) is 19.6 Å². The molecule has 21 heteroatoms. The molecule has 3 heterocycles. The Morgan fingerprint density at radius 1 is 0.647 bits per heavy atom. The number of aliphatic hydroxyl groups excluding tert-OH is 1. The lowest BCUT2D eigenvalue weighted by Gasteiger charge is -2.54. The number of carbonyl (C=O) groups is 5. The summed E-state index contributed by atoms with van der Waals surface area (Å²) >= 11 is 0. The zero-order valence-corrected chi connectivity index (χ0v) is 42.6. The molecular weight excluding hydrogens is 893 g/mol. The molecule has 13 atom stereocenters. The lowest BCUT2D eigenvalue weighted by atomic mass is 9.80. The number of aliphatic hydroxyl groups is 1. The number of fused-ring (bicyclic) bond motifs is 1. The van der Waals surface area contributed by atoms with Crippen LogP contribution >= 0.6 is 0 Å². The highest BCUT2D eigenvalue weighted by atomic mass is 16.8. The Hall–Kier alpha value is -3.73. The predicted molar refractivity (Wildman–Crippen MR) is 242 cm³/mol. The lowest BCUT2D eigenvalue weighted by Crippen LogP contribution is -2.71. The first-order valence-corrected chi connectivity index (χ1v) is 24.1. The van der Waals surface area contributed by atoms with E-state index in [0.29, 0.717) is 25.7 Å². The monoisotopic (exact) mass is 973 g/mol. The van der Waals surface area contributed by atoms with Crippen LogP contribution in [0.25, 0.3) is 0 Å². The quantitative estimate of drug-likeness (QED) is 0.132. The maximum Gasteiger partial charge on any atom is 0.408 e. The van der Waals surface area contributed by atoms with Crippen molar-refractivity contribution in [3.8, 4) is 0 Å². The van der Waals surface area contributed by atoms with E-state index < -0.39 is 138 Å². The van der Waals surface area contributed by atoms with Crippen molar-refractivity contribution in [1.29, 1.82) is 0 Å². The van der Waals surface area contributed by atoms with E-state index in [2.05, 4.69) is 21.3 Å². The smallest absolute Gasteiger partial charge is 0.408 e. The van der Waals surface area contributed by atoms with Gasteiger partial charge in [0.25, 0.3) is 0 Å². The van der Waals surface area contributed by atoms with Gasteiger partial charge in [0.05, 0.1) is 30.9 Å². The number of carbonyl (C=O) groups excluding carboxylic acids is 5. The molecule has 0 bridgehead atoms. The van der Waals surface area contributed by atoms with Crippen molar-refractivity contribution in [3.63, 3.8) is 0 Å². The van der Waals surface area contributed by atoms with Crippen molar-refractivity contribution < 1.29 is 81.2 Å². The van der Waals surface area contributed by atoms with E-state index in [9.17, 15) is 29.1 Å². The molecule has 4 amide bonds. The summed E-state index contributed by atoms with van der Waals surface area (Å²) in [5, 5.41) is 23.9. The van der Waals surface area contributed by atoms with Gasteiger partial charge >= 0.3 is 30.3 Å². The number of amides is 4. The highest BCUT2D eigenvalue weighted by Gasteiger charge is 2.58. The Kier molecular flexibility index (Phi) is 18.0. The van der Waals surface area contributed by atoms with Crippen molar-refractivity contribution >= 4 is 30.3 Å². The average molecular weight is 973 g/mol. The van der Waals surface area contributed by atoms with E-state index in [1.165, 1.54) is 6.92 Å². The molecule has 390 valence electrons. The lowest BCUT2D eigenvalue weighted by molar-refractivity contribution is -0.390. The van der Waals surface area contributed by atoms with Crippen molar-refractivity contribution in [2.75, 3.05) is 13.2 Å². The number of alkyl carbamates (subject to hydrolysis) is 4. The fraction of sp³-hybridized carbons (Fsp3) is 0.894. The molecule has 2 saturated carbocycles. The van der Waals surface area contributed by atoms with Crippen molar-refractivity contribution in [2.45, 2.75) is 250 Å². The van der Waals surface area contributed by atoms with Gasteiger partial charge in [-0.25, -0.2) is 19.2 Å². The molecule has 1 spiro atoms. The van der Waals surface area contributed by atoms with E-state index >= 15 is 0 Å². The van der Waals surface area contributed by atoms with Gasteiger partial charge in [-0.1, -0.05) is 13.3 Å². The minimum Gasteiger partial charge on any atom is -0.455 e. The molecule has 0 aromatic heterocycles. The van der Waals surface area contributed by atoms with Crippen LogP contribution in [0.1, 0.15) is 148 Å². The maximum atomic E-state index is 13.5. The third-order valence-electron chi connectivity index (χ3n) is 11.7. The first-order chi connectivity index (χ1) is 31.4. The van der Waals surface area contributed by atoms with Crippen LogP contribution in [0.5, 0.6) is 0 Å². The summed E-state index contributed by atoms with van der Waals surface area (Å²) in [6.45, 7) is 23.8. The summed E-state index contributed by atoms with van der Waals surface area (Å²) < 4.78 is 67.7. The molecule has 5 N–H and O–H groups in total. The minimum atomic E-state index is -1.56. The van der Waals surface area contributed by atoms with Crippen LogP contribution in [0.15, 0.2) is 0 Å². The van der Waals surface area contributed by atoms with Gasteiger partial charge in [-0.15, -0.1) is 0 Å². The summed E-state index contributed by atoms with van der Waals surface area (Å²) in [5.74, 6) is -2.17. The molecule has 5 fully saturated rings. The third-order valence-corrected chi connectivity index (χ3v) is 11.7. The minimum absolute atomic E-state index is 0.0231. The molecule has 6 unspecified atom stereocenters. The van der Waals surface area contributed by atoms with E-state index in [1.807, 2.05) is 0 Å². The summed E-state index contributed by atoms with van der Waals surface area (Å²) in [5.41, 5.74) is -3.33. The van der Waals surface area contributed by atoms with Gasteiger partial charge in [0, 0.05) is 26.3 Å². The Morgan fingerprint density at radius 3 is 1.74 bits per heavy atom. The highest BCUT2D eigenvalue weighted by molar-refractivity contribution is 5.70. The second-order valence-electron chi connectivity index (χ2n) is 22.7. The highest BCUT2D eigenvalue weighted by Crippen LogP contribution is 2.43. The number of esters is 1. The van der Waals surface area contributed by atoms with Gasteiger partial charge in [-0.05, 0) is 121 Å². The molecule has 0 aromatic rings. The van der Waals surface area contributed by atoms with Gasteiger partial charge in [-0.3, -0.25) is 4.79 Å². The molecule has 21 nitrogen and oxygen atoms in total. The van der Waals surface area contributed by atoms with Crippen LogP contribution < -0.4 is 21.3 Å². The van der Waals surface area contributed by atoms with E-state index in [4.69, 9.17) is 52.1 Å². The van der Waals surface area contributed by atoms with Gasteiger partial charge in [0.15, 0.2) is 24.5 Å². The second kappa shape index (κ2) is 22.1. The molecule has 3 aliphatic heterocycles. The van der Waals surface area contributed by atoms with Gasteiger partial charge in [0.2, 0.25) is 0 Å². The Bertz CT molecular complexity index is 1730. The van der Waals surface area contributed by atoms with Crippen LogP contribution in [-0.2, 0) is 56.9 Å². The van der Waals surface area contributed by atoms with E-state index in [1.54, 1.807) is 90.0 Å². The topological polar surface area (TPSA) is 255 Å². The largest absolute Gasteiger partial charge is 0.455 e. The molecule has 68 heavy (non-hydrogen) atoms. The summed E-state index contributed by atoms with van der Waals surface area (Å²) in [6.07, 6.45) is -8.46. The number of hydrogen-bond acceptors (Lipinski definition) is 17. The van der Waals surface area contributed by atoms with Crippen LogP contribution in [-0.4, -0.2) is 150 Å². The molecule has 3 saturated heterocycles. The fourth-order valence-corrected chi connectivity index (χ4v) is 9.08. The maximum absolute atomic E-state index is 13.5. The van der Waals surface area contributed by atoms with Crippen LogP contribution in [0.2, 0.25) is 0 Å². The second-order valence-corrected chi connectivity index (χ2v) is 22.7. The molecule has 2 aliphatic carbocycles. The zero-order valence-electron chi connectivity index (χ0n) is 42.6. The number of nitrogens with one attached hydrogen (secondary N) is 4. The normalized spacial score (nSPS) is 33.2. The standard InChI is InChI=1S/C47H80N4O17/c1-25-22-29(50-41(56)67-45(9,10)11)34(63-37-28(49-40(55)66-44(6,7)8)19-18-27(60-37)23-48-39(54)65-43(3,4)5)32(53)33(25)62-38-36(59-26(2)52)31(51-42(57)68-46(12,13)14)35-30(61-38)24-58-47(64-35)20-16-15-17-21-47/h25,27-38,53H,15-24H2,1-14H3,(H,48,54)(H,49,55)(H,50,56)(H,51,57)/t25-,27?,28?,29-,30?,31+,32?,33+,34?,35-,36?,37-,38-/m1/s1. The van der Waals surface area contributed by atoms with Gasteiger partial charge < -0.3 is 78.5 Å². The number of rotatable bonds is 10. The van der Waals surface area contributed by atoms with Crippen LogP contribution in [0, 0.1) is 5.92 Å². The van der Waals surface area contributed by atoms with Crippen molar-refractivity contribution in [2.24, 2.45) is 5.92 Å². The van der Waals surface area contributed by atoms with Gasteiger partial charge in [-0.2, -0.15) is 0 Å². The molecule has 5 aliphatic rings. The average Bonchev–Trinajstić information content (AvgIpc) is 3.16. The summed E-state index contributed by atoms with van der Waals surface area (Å²) in [7, 11) is 0. The first-order valence-electron chi connectivity index (χ1n) is 24.1. The SMILES string of the molecule is CC(=O)OC1[C@@H](O[C@@H]2C(O)C(O[C@H]3OC(CNC(=O)OC(C)(C)C)CCC3NC(=O)OC(C)(C)C)[C@H](NC(=O)OC(C)(C)C)C[C@H]2C)OC2COC3(CCCCC3)O[C@H]2[C@@H]1NC(=O)OC(C)(C)C. The van der Waals surface area contributed by atoms with Crippen LogP contribution in [0.4, 0.5) is 19.2 Å². The van der Waals surface area contributed by atoms with Crippen LogP contribution in [0.3, 0.4) is 0 Å². The Balaban J connectivity index is 1.47. The molecule has 0 radical (unpaired) electrons. The zero-order chi connectivity index (χ0) is 50.6. The van der Waals surface area contributed by atoms with E-state index in [0.717, 1.165) is 19.3 Å². The number of hydrogen-bond donors (Lipinski definition) is 5. The molecule has 5 rings (SSSR count).